The molecule has 1 aliphatic heterocycles. The molecule has 0 aliphatic carbocycles. The van der Waals surface area contributed by atoms with Gasteiger partial charge in [0.15, 0.2) is 5.96 Å². The van der Waals surface area contributed by atoms with Crippen LogP contribution in [0.3, 0.4) is 0 Å². The first-order valence-corrected chi connectivity index (χ1v) is 11.0. The Morgan fingerprint density at radius 2 is 1.94 bits per heavy atom. The van der Waals surface area contributed by atoms with Crippen molar-refractivity contribution in [3.8, 4) is 0 Å². The average Bonchev–Trinajstić information content (AvgIpc) is 3.47. The molecule has 3 aromatic rings. The number of benzene rings is 1. The lowest BCUT2D eigenvalue weighted by molar-refractivity contribution is 0.169. The number of aromatic nitrogens is 3. The molecule has 1 N–H and O–H groups in total. The summed E-state index contributed by atoms with van der Waals surface area (Å²) in [6.07, 6.45) is 6.38. The monoisotopic (exact) mass is 421 g/mol. The number of aliphatic imine (C=N–C) groups is 1. The van der Waals surface area contributed by atoms with Crippen molar-refractivity contribution < 1.29 is 4.52 Å². The van der Waals surface area contributed by atoms with E-state index in [9.17, 15) is 0 Å². The van der Waals surface area contributed by atoms with Gasteiger partial charge in [-0.15, -0.1) is 0 Å². The van der Waals surface area contributed by atoms with E-state index in [4.69, 9.17) is 9.52 Å². The normalized spacial score (nSPS) is 15.4. The molecule has 164 valence electrons. The lowest BCUT2D eigenvalue weighted by Crippen LogP contribution is -2.52. The minimum absolute atomic E-state index is 0.716. The third-order valence-corrected chi connectivity index (χ3v) is 5.48. The van der Waals surface area contributed by atoms with Crippen LogP contribution in [0.4, 0.5) is 0 Å². The van der Waals surface area contributed by atoms with Crippen LogP contribution in [-0.4, -0.2) is 69.7 Å². The molecule has 0 unspecified atom stereocenters. The Balaban J connectivity index is 1.30. The summed E-state index contributed by atoms with van der Waals surface area (Å²) in [5.74, 6) is 2.06. The highest BCUT2D eigenvalue weighted by molar-refractivity contribution is 5.80. The van der Waals surface area contributed by atoms with Crippen molar-refractivity contribution in [1.82, 2.24) is 29.8 Å². The number of piperazine rings is 1. The van der Waals surface area contributed by atoms with Gasteiger partial charge < -0.3 is 19.3 Å². The largest absolute Gasteiger partial charge is 0.364 e. The van der Waals surface area contributed by atoms with Crippen LogP contribution >= 0.6 is 0 Å². The van der Waals surface area contributed by atoms with E-state index in [0.717, 1.165) is 69.7 Å². The van der Waals surface area contributed by atoms with E-state index in [-0.39, 0.29) is 0 Å². The molecule has 0 bridgehead atoms. The molecule has 4 rings (SSSR count). The van der Waals surface area contributed by atoms with E-state index in [1.807, 2.05) is 24.5 Å². The number of hydrogen-bond acceptors (Lipinski definition) is 5. The van der Waals surface area contributed by atoms with Crippen LogP contribution in [0.1, 0.15) is 24.0 Å². The molecule has 0 radical (unpaired) electrons. The molecule has 1 fully saturated rings. The first-order chi connectivity index (χ1) is 15.3. The highest BCUT2D eigenvalue weighted by atomic mass is 16.5. The Bertz CT molecular complexity index is 928. The third-order valence-electron chi connectivity index (χ3n) is 5.48. The second kappa shape index (κ2) is 10.8. The summed E-state index contributed by atoms with van der Waals surface area (Å²) >= 11 is 0. The molecule has 0 saturated carbocycles. The minimum atomic E-state index is 0.716. The van der Waals surface area contributed by atoms with Crippen LogP contribution in [0.25, 0.3) is 0 Å². The fourth-order valence-corrected chi connectivity index (χ4v) is 3.85. The van der Waals surface area contributed by atoms with E-state index in [1.165, 1.54) is 5.56 Å². The van der Waals surface area contributed by atoms with Gasteiger partial charge in [-0.2, -0.15) is 0 Å². The fourth-order valence-electron chi connectivity index (χ4n) is 3.85. The standard InChI is InChI=1S/C23H31N7O/c1-2-24-23(29-15-13-28(14-16-29)19-21-9-17-31-27-21)26-10-8-22-25-11-12-30(22)18-20-6-4-3-5-7-20/h3-7,9,11-12,17H,2,8,10,13-16,18-19H2,1H3,(H,24,26). The van der Waals surface area contributed by atoms with Crippen molar-refractivity contribution in [3.05, 3.63) is 72.1 Å². The lowest BCUT2D eigenvalue weighted by Gasteiger charge is -2.36. The zero-order chi connectivity index (χ0) is 21.3. The molecule has 3 heterocycles. The summed E-state index contributed by atoms with van der Waals surface area (Å²) in [6, 6.07) is 12.4. The zero-order valence-corrected chi connectivity index (χ0v) is 18.2. The second-order valence-electron chi connectivity index (χ2n) is 7.70. The Kier molecular flexibility index (Phi) is 7.33. The quantitative estimate of drug-likeness (QED) is 0.444. The van der Waals surface area contributed by atoms with Crippen molar-refractivity contribution in [2.75, 3.05) is 39.3 Å². The number of rotatable bonds is 8. The molecule has 0 atom stereocenters. The molecule has 8 heteroatoms. The Labute approximate surface area is 183 Å². The first-order valence-electron chi connectivity index (χ1n) is 11.0. The number of hydrogen-bond donors (Lipinski definition) is 1. The van der Waals surface area contributed by atoms with Crippen molar-refractivity contribution in [2.24, 2.45) is 4.99 Å². The van der Waals surface area contributed by atoms with Gasteiger partial charge in [0.2, 0.25) is 0 Å². The molecule has 1 saturated heterocycles. The van der Waals surface area contributed by atoms with E-state index >= 15 is 0 Å². The van der Waals surface area contributed by atoms with Gasteiger partial charge in [-0.05, 0) is 12.5 Å². The highest BCUT2D eigenvalue weighted by Gasteiger charge is 2.20. The number of nitrogens with one attached hydrogen (secondary N) is 1. The van der Waals surface area contributed by atoms with Crippen molar-refractivity contribution in [3.63, 3.8) is 0 Å². The molecule has 1 aliphatic rings. The fraction of sp³-hybridized carbons (Fsp3) is 0.435. The predicted molar refractivity (Wildman–Crippen MR) is 121 cm³/mol. The SMILES string of the molecule is CCNC(=NCCc1nccn1Cc1ccccc1)N1CCN(Cc2ccon2)CC1. The molecule has 2 aromatic heterocycles. The highest BCUT2D eigenvalue weighted by Crippen LogP contribution is 2.09. The molecule has 1 aromatic carbocycles. The first kappa shape index (κ1) is 21.1. The summed E-state index contributed by atoms with van der Waals surface area (Å²) < 4.78 is 7.15. The minimum Gasteiger partial charge on any atom is -0.364 e. The van der Waals surface area contributed by atoms with Crippen LogP contribution in [0.5, 0.6) is 0 Å². The van der Waals surface area contributed by atoms with Gasteiger partial charge in [0.05, 0.1) is 5.69 Å². The van der Waals surface area contributed by atoms with Crippen molar-refractivity contribution in [1.29, 1.82) is 0 Å². The van der Waals surface area contributed by atoms with Gasteiger partial charge in [-0.1, -0.05) is 35.5 Å². The molecule has 0 spiro atoms. The zero-order valence-electron chi connectivity index (χ0n) is 18.2. The van der Waals surface area contributed by atoms with Gasteiger partial charge in [-0.25, -0.2) is 4.98 Å². The average molecular weight is 422 g/mol. The summed E-state index contributed by atoms with van der Waals surface area (Å²) in [5.41, 5.74) is 2.27. The van der Waals surface area contributed by atoms with Crippen LogP contribution in [0, 0.1) is 0 Å². The van der Waals surface area contributed by atoms with Gasteiger partial charge >= 0.3 is 0 Å². The summed E-state index contributed by atoms with van der Waals surface area (Å²) in [6.45, 7) is 9.24. The summed E-state index contributed by atoms with van der Waals surface area (Å²) in [5, 5.41) is 7.47. The van der Waals surface area contributed by atoms with Crippen LogP contribution in [0.15, 0.2) is 64.6 Å². The van der Waals surface area contributed by atoms with Crippen LogP contribution < -0.4 is 5.32 Å². The maximum atomic E-state index is 4.94. The smallest absolute Gasteiger partial charge is 0.194 e. The predicted octanol–water partition coefficient (Wildman–Crippen LogP) is 2.25. The molecule has 0 amide bonds. The molecule has 31 heavy (non-hydrogen) atoms. The number of nitrogens with zero attached hydrogens (tertiary/aromatic N) is 6. The number of imidazole rings is 1. The van der Waals surface area contributed by atoms with Gasteiger partial charge in [0, 0.05) is 77.2 Å². The van der Waals surface area contributed by atoms with Gasteiger partial charge in [0.25, 0.3) is 0 Å². The topological polar surface area (TPSA) is 74.7 Å². The molecular weight excluding hydrogens is 390 g/mol. The molecular formula is C23H31N7O. The lowest BCUT2D eigenvalue weighted by atomic mass is 10.2. The van der Waals surface area contributed by atoms with E-state index in [0.29, 0.717) is 6.54 Å². The van der Waals surface area contributed by atoms with E-state index in [2.05, 4.69) is 61.0 Å². The number of guanidine groups is 1. The second-order valence-corrected chi connectivity index (χ2v) is 7.70. The van der Waals surface area contributed by atoms with Crippen LogP contribution in [-0.2, 0) is 19.5 Å². The van der Waals surface area contributed by atoms with Crippen molar-refractivity contribution >= 4 is 5.96 Å². The Hall–Kier alpha value is -3.13. The van der Waals surface area contributed by atoms with Crippen molar-refractivity contribution in [2.45, 2.75) is 26.4 Å². The summed E-state index contributed by atoms with van der Waals surface area (Å²) in [4.78, 5) is 14.2. The van der Waals surface area contributed by atoms with Crippen LogP contribution in [0.2, 0.25) is 0 Å². The van der Waals surface area contributed by atoms with E-state index in [1.54, 1.807) is 6.26 Å². The maximum absolute atomic E-state index is 4.94. The third kappa shape index (κ3) is 5.95. The van der Waals surface area contributed by atoms with Gasteiger partial charge in [0.1, 0.15) is 12.1 Å². The maximum Gasteiger partial charge on any atom is 0.194 e. The van der Waals surface area contributed by atoms with Gasteiger partial charge in [-0.3, -0.25) is 9.89 Å². The molecule has 8 nitrogen and oxygen atoms in total. The Morgan fingerprint density at radius 1 is 1.10 bits per heavy atom. The summed E-state index contributed by atoms with van der Waals surface area (Å²) in [7, 11) is 0. The Morgan fingerprint density at radius 3 is 2.68 bits per heavy atom. The van der Waals surface area contributed by atoms with E-state index < -0.39 is 0 Å².